The summed E-state index contributed by atoms with van der Waals surface area (Å²) >= 11 is 0. The molecule has 0 aliphatic rings. The summed E-state index contributed by atoms with van der Waals surface area (Å²) in [6.45, 7) is 2.84. The Morgan fingerprint density at radius 3 is 2.52 bits per heavy atom. The first kappa shape index (κ1) is 19.1. The van der Waals surface area contributed by atoms with E-state index in [-0.39, 0.29) is 5.56 Å². The van der Waals surface area contributed by atoms with Gasteiger partial charge in [0, 0.05) is 7.11 Å². The first-order chi connectivity index (χ1) is 15.2. The van der Waals surface area contributed by atoms with E-state index in [1.165, 1.54) is 16.5 Å². The number of fused-ring (bicyclic) bond motifs is 4. The van der Waals surface area contributed by atoms with Crippen LogP contribution in [0.25, 0.3) is 33.2 Å². The molecule has 0 bridgehead atoms. The number of hydrogen-bond donors (Lipinski definition) is 0. The van der Waals surface area contributed by atoms with Gasteiger partial charge in [0.15, 0.2) is 11.3 Å². The molecule has 5 rings (SSSR count). The molecule has 3 heterocycles. The Morgan fingerprint density at radius 1 is 1.03 bits per heavy atom. The molecule has 0 N–H and O–H groups in total. The van der Waals surface area contributed by atoms with E-state index in [4.69, 9.17) is 14.7 Å². The van der Waals surface area contributed by atoms with Crippen molar-refractivity contribution in [2.24, 2.45) is 5.10 Å². The van der Waals surface area contributed by atoms with Crippen molar-refractivity contribution >= 4 is 39.4 Å². The number of ether oxygens (including phenoxy) is 1. The maximum atomic E-state index is 13.2. The highest BCUT2D eigenvalue weighted by Gasteiger charge is 2.19. The monoisotopic (exact) mass is 412 g/mol. The summed E-state index contributed by atoms with van der Waals surface area (Å²) in [5.74, 6) is 0. The predicted molar refractivity (Wildman–Crippen MR) is 121 cm³/mol. The fraction of sp³-hybridized carbons (Fsp3) is 0.174. The van der Waals surface area contributed by atoms with Crippen LogP contribution in [-0.4, -0.2) is 44.1 Å². The highest BCUT2D eigenvalue weighted by Crippen LogP contribution is 2.24. The van der Waals surface area contributed by atoms with Crippen LogP contribution in [-0.2, 0) is 11.3 Å². The molecule has 0 unspecified atom stereocenters. The second kappa shape index (κ2) is 7.73. The van der Waals surface area contributed by atoms with Gasteiger partial charge >= 0.3 is 0 Å². The van der Waals surface area contributed by atoms with Crippen molar-refractivity contribution in [1.82, 2.24) is 24.2 Å². The largest absolute Gasteiger partial charge is 0.383 e. The molecule has 8 heteroatoms. The van der Waals surface area contributed by atoms with Crippen LogP contribution in [0.4, 0.5) is 0 Å². The van der Waals surface area contributed by atoms with Gasteiger partial charge in [0.2, 0.25) is 0 Å². The maximum Gasteiger partial charge on any atom is 0.265 e. The van der Waals surface area contributed by atoms with Crippen molar-refractivity contribution in [1.29, 1.82) is 0 Å². The average molecular weight is 412 g/mol. The summed E-state index contributed by atoms with van der Waals surface area (Å²) in [6.07, 6.45) is 3.24. The highest BCUT2D eigenvalue weighted by molar-refractivity contribution is 6.04. The molecule has 5 aromatic rings. The van der Waals surface area contributed by atoms with Gasteiger partial charge in [0.05, 0.1) is 30.4 Å². The van der Waals surface area contributed by atoms with Crippen LogP contribution in [0.1, 0.15) is 11.1 Å². The molecule has 154 valence electrons. The van der Waals surface area contributed by atoms with E-state index in [0.29, 0.717) is 40.9 Å². The van der Waals surface area contributed by atoms with Gasteiger partial charge in [-0.15, -0.1) is 0 Å². The molecule has 0 aliphatic carbocycles. The summed E-state index contributed by atoms with van der Waals surface area (Å²) in [6, 6.07) is 15.6. The number of para-hydroxylation sites is 2. The van der Waals surface area contributed by atoms with Gasteiger partial charge < -0.3 is 4.74 Å². The normalized spacial score (nSPS) is 11.9. The first-order valence-corrected chi connectivity index (χ1v) is 9.92. The van der Waals surface area contributed by atoms with Gasteiger partial charge in [-0.2, -0.15) is 9.78 Å². The van der Waals surface area contributed by atoms with E-state index in [9.17, 15) is 4.79 Å². The Morgan fingerprint density at radius 2 is 1.77 bits per heavy atom. The van der Waals surface area contributed by atoms with Crippen molar-refractivity contribution in [2.45, 2.75) is 13.5 Å². The molecule has 0 aliphatic heterocycles. The van der Waals surface area contributed by atoms with E-state index >= 15 is 0 Å². The van der Waals surface area contributed by atoms with Crippen LogP contribution in [0, 0.1) is 6.92 Å². The lowest BCUT2D eigenvalue weighted by atomic mass is 10.2. The molecule has 8 nitrogen and oxygen atoms in total. The van der Waals surface area contributed by atoms with Gasteiger partial charge in [-0.1, -0.05) is 42.0 Å². The molecule has 0 amide bonds. The lowest BCUT2D eigenvalue weighted by Crippen LogP contribution is -2.22. The zero-order valence-corrected chi connectivity index (χ0v) is 17.2. The quantitative estimate of drug-likeness (QED) is 0.414. The van der Waals surface area contributed by atoms with Crippen LogP contribution in [0.3, 0.4) is 0 Å². The maximum absolute atomic E-state index is 13.2. The summed E-state index contributed by atoms with van der Waals surface area (Å²) in [4.78, 5) is 27.3. The number of aryl methyl sites for hydroxylation is 1. The fourth-order valence-corrected chi connectivity index (χ4v) is 3.49. The fourth-order valence-electron chi connectivity index (χ4n) is 3.49. The average Bonchev–Trinajstić information content (AvgIpc) is 3.10. The van der Waals surface area contributed by atoms with Gasteiger partial charge in [0.1, 0.15) is 17.2 Å². The minimum Gasteiger partial charge on any atom is -0.383 e. The Labute approximate surface area is 177 Å². The van der Waals surface area contributed by atoms with Crippen molar-refractivity contribution in [3.05, 3.63) is 76.3 Å². The zero-order valence-electron chi connectivity index (χ0n) is 17.2. The number of aromatic nitrogens is 5. The molecule has 2 aromatic carbocycles. The summed E-state index contributed by atoms with van der Waals surface area (Å²) < 4.78 is 8.23. The second-order valence-electron chi connectivity index (χ2n) is 7.29. The third kappa shape index (κ3) is 3.36. The van der Waals surface area contributed by atoms with Gasteiger partial charge in [0.25, 0.3) is 5.56 Å². The molecule has 0 spiro atoms. The molecular formula is C23H20N6O2. The Hall–Kier alpha value is -3.91. The molecule has 0 fully saturated rings. The molecule has 0 atom stereocenters. The van der Waals surface area contributed by atoms with Gasteiger partial charge in [-0.05, 0) is 24.6 Å². The predicted octanol–water partition coefficient (Wildman–Crippen LogP) is 3.13. The van der Waals surface area contributed by atoms with E-state index in [1.54, 1.807) is 18.0 Å². The highest BCUT2D eigenvalue weighted by atomic mass is 16.5. The van der Waals surface area contributed by atoms with Crippen molar-refractivity contribution in [2.75, 3.05) is 13.7 Å². The van der Waals surface area contributed by atoms with Crippen molar-refractivity contribution < 1.29 is 4.74 Å². The van der Waals surface area contributed by atoms with Crippen LogP contribution in [0.15, 0.2) is 64.8 Å². The lowest BCUT2D eigenvalue weighted by molar-refractivity contribution is 0.186. The van der Waals surface area contributed by atoms with Gasteiger partial charge in [-0.3, -0.25) is 9.36 Å². The smallest absolute Gasteiger partial charge is 0.265 e. The SMILES string of the molecule is COCCn1cnc2c(c1=O)c1nc3ccccc3nc1n2N=Cc1ccc(C)cc1. The Bertz CT molecular complexity index is 1500. The molecular weight excluding hydrogens is 392 g/mol. The molecule has 31 heavy (non-hydrogen) atoms. The zero-order chi connectivity index (χ0) is 21.4. The minimum atomic E-state index is -0.194. The van der Waals surface area contributed by atoms with Crippen molar-refractivity contribution in [3.63, 3.8) is 0 Å². The van der Waals surface area contributed by atoms with E-state index in [2.05, 4.69) is 10.1 Å². The third-order valence-corrected chi connectivity index (χ3v) is 5.14. The number of hydrogen-bond acceptors (Lipinski definition) is 6. The Kier molecular flexibility index (Phi) is 4.76. The van der Waals surface area contributed by atoms with E-state index in [0.717, 1.165) is 11.1 Å². The minimum absolute atomic E-state index is 0.194. The molecule has 0 radical (unpaired) electrons. The van der Waals surface area contributed by atoms with Crippen LogP contribution >= 0.6 is 0 Å². The van der Waals surface area contributed by atoms with Crippen LogP contribution < -0.4 is 5.56 Å². The standard InChI is InChI=1S/C23H20N6O2/c1-15-7-9-16(10-8-15)13-25-29-21-19(23(30)28(14-24-21)11-12-31-2)20-22(29)27-18-6-4-3-5-17(18)26-20/h3-10,13-14H,11-12H2,1-2H3. The van der Waals surface area contributed by atoms with Crippen LogP contribution in [0.2, 0.25) is 0 Å². The number of benzene rings is 2. The third-order valence-electron chi connectivity index (χ3n) is 5.14. The molecule has 0 saturated heterocycles. The van der Waals surface area contributed by atoms with Crippen molar-refractivity contribution in [3.8, 4) is 0 Å². The van der Waals surface area contributed by atoms with E-state index in [1.807, 2.05) is 55.5 Å². The number of nitrogens with zero attached hydrogens (tertiary/aromatic N) is 6. The lowest BCUT2D eigenvalue weighted by Gasteiger charge is -2.04. The summed E-state index contributed by atoms with van der Waals surface area (Å²) in [5, 5.41) is 5.01. The topological polar surface area (TPSA) is 87.2 Å². The Balaban J connectivity index is 1.79. The van der Waals surface area contributed by atoms with Crippen LogP contribution in [0.5, 0.6) is 0 Å². The first-order valence-electron chi connectivity index (χ1n) is 9.92. The number of methoxy groups -OCH3 is 1. The summed E-state index contributed by atoms with van der Waals surface area (Å²) in [5.41, 5.74) is 4.75. The number of rotatable bonds is 5. The summed E-state index contributed by atoms with van der Waals surface area (Å²) in [7, 11) is 1.60. The second-order valence-corrected chi connectivity index (χ2v) is 7.29. The molecule has 3 aromatic heterocycles. The molecule has 0 saturated carbocycles. The van der Waals surface area contributed by atoms with E-state index < -0.39 is 0 Å². The van der Waals surface area contributed by atoms with Gasteiger partial charge in [-0.25, -0.2) is 15.0 Å².